The number of anilines is 1. The third-order valence-electron chi connectivity index (χ3n) is 4.81. The Balaban J connectivity index is 1.62. The Morgan fingerprint density at radius 2 is 1.85 bits per heavy atom. The van der Waals surface area contributed by atoms with Crippen LogP contribution in [0.5, 0.6) is 0 Å². The Morgan fingerprint density at radius 1 is 1.08 bits per heavy atom. The van der Waals surface area contributed by atoms with Crippen molar-refractivity contribution in [3.05, 3.63) is 66.4 Å². The van der Waals surface area contributed by atoms with Gasteiger partial charge in [0.2, 0.25) is 0 Å². The average Bonchev–Trinajstić information content (AvgIpc) is 3.12. The zero-order valence-electron chi connectivity index (χ0n) is 14.7. The van der Waals surface area contributed by atoms with Crippen LogP contribution >= 0.6 is 0 Å². The number of rotatable bonds is 4. The van der Waals surface area contributed by atoms with Gasteiger partial charge in [-0.1, -0.05) is 24.8 Å². The quantitative estimate of drug-likeness (QED) is 0.741. The van der Waals surface area contributed by atoms with Crippen LogP contribution in [0.3, 0.4) is 0 Å². The van der Waals surface area contributed by atoms with Crippen molar-refractivity contribution in [1.82, 2.24) is 15.1 Å². The number of para-hydroxylation sites is 1. The number of carbonyl (C=O) groups excluding carboxylic acids is 1. The molecule has 2 N–H and O–H groups in total. The highest BCUT2D eigenvalue weighted by Gasteiger charge is 2.19. The number of H-pyrrole nitrogens is 1. The molecule has 5 heteroatoms. The molecule has 132 valence electrons. The van der Waals surface area contributed by atoms with Crippen LogP contribution in [0.4, 0.5) is 5.69 Å². The Labute approximate surface area is 152 Å². The summed E-state index contributed by atoms with van der Waals surface area (Å²) < 4.78 is 0. The minimum atomic E-state index is 0.0976. The van der Waals surface area contributed by atoms with Gasteiger partial charge < -0.3 is 10.2 Å². The van der Waals surface area contributed by atoms with E-state index in [1.165, 1.54) is 6.42 Å². The van der Waals surface area contributed by atoms with Gasteiger partial charge in [-0.05, 0) is 49.6 Å². The van der Waals surface area contributed by atoms with Gasteiger partial charge in [-0.3, -0.25) is 9.89 Å². The van der Waals surface area contributed by atoms with Crippen molar-refractivity contribution in [2.24, 2.45) is 0 Å². The first-order chi connectivity index (χ1) is 12.7. The second-order valence-corrected chi connectivity index (χ2v) is 6.66. The third kappa shape index (κ3) is 3.20. The van der Waals surface area contributed by atoms with Gasteiger partial charge in [0, 0.05) is 29.7 Å². The number of hydrogen-bond donors (Lipinski definition) is 2. The normalized spacial score (nSPS) is 14.4. The first-order valence-electron chi connectivity index (χ1n) is 9.01. The number of carbonyl (C=O) groups is 1. The molecule has 26 heavy (non-hydrogen) atoms. The maximum Gasteiger partial charge on any atom is 0.253 e. The molecule has 3 aromatic rings. The lowest BCUT2D eigenvalue weighted by Crippen LogP contribution is -2.35. The first kappa shape index (κ1) is 16.4. The van der Waals surface area contributed by atoms with E-state index in [2.05, 4.69) is 22.1 Å². The number of nitrogens with one attached hydrogen (secondary N) is 2. The Hall–Kier alpha value is -3.08. The van der Waals surface area contributed by atoms with Crippen molar-refractivity contribution in [2.45, 2.75) is 19.3 Å². The molecular weight excluding hydrogens is 324 g/mol. The van der Waals surface area contributed by atoms with Crippen LogP contribution in [0.15, 0.2) is 55.1 Å². The smallest absolute Gasteiger partial charge is 0.253 e. The number of aromatic nitrogens is 2. The van der Waals surface area contributed by atoms with Gasteiger partial charge in [-0.15, -0.1) is 0 Å². The van der Waals surface area contributed by atoms with Crippen molar-refractivity contribution in [1.29, 1.82) is 0 Å². The van der Waals surface area contributed by atoms with E-state index in [0.29, 0.717) is 11.3 Å². The van der Waals surface area contributed by atoms with E-state index < -0.39 is 0 Å². The SMILES string of the molecule is C=C(Nc1ccccc1)c1n[nH]c2ccc(C(=O)N3CCCCC3)cc12. The third-order valence-corrected chi connectivity index (χ3v) is 4.81. The van der Waals surface area contributed by atoms with Crippen molar-refractivity contribution in [2.75, 3.05) is 18.4 Å². The lowest BCUT2D eigenvalue weighted by atomic mass is 10.1. The number of benzene rings is 2. The maximum atomic E-state index is 12.8. The summed E-state index contributed by atoms with van der Waals surface area (Å²) in [4.78, 5) is 14.7. The Kier molecular flexibility index (Phi) is 4.44. The molecule has 1 fully saturated rings. The summed E-state index contributed by atoms with van der Waals surface area (Å²) in [5.74, 6) is 0.0976. The lowest BCUT2D eigenvalue weighted by molar-refractivity contribution is 0.0724. The molecule has 1 aliphatic heterocycles. The molecule has 5 nitrogen and oxygen atoms in total. The molecule has 4 rings (SSSR count). The van der Waals surface area contributed by atoms with E-state index in [1.54, 1.807) is 0 Å². The first-order valence-corrected chi connectivity index (χ1v) is 9.01. The van der Waals surface area contributed by atoms with E-state index in [0.717, 1.165) is 48.2 Å². The fourth-order valence-corrected chi connectivity index (χ4v) is 3.41. The summed E-state index contributed by atoms with van der Waals surface area (Å²) in [6, 6.07) is 15.6. The predicted octanol–water partition coefficient (Wildman–Crippen LogP) is 4.27. The number of aromatic amines is 1. The van der Waals surface area contributed by atoms with Crippen LogP contribution in [-0.2, 0) is 0 Å². The van der Waals surface area contributed by atoms with Crippen LogP contribution in [-0.4, -0.2) is 34.1 Å². The number of piperidine rings is 1. The van der Waals surface area contributed by atoms with Crippen LogP contribution < -0.4 is 5.32 Å². The second kappa shape index (κ2) is 7.04. The topological polar surface area (TPSA) is 61.0 Å². The summed E-state index contributed by atoms with van der Waals surface area (Å²) in [6.45, 7) is 5.81. The molecule has 0 unspecified atom stereocenters. The fraction of sp³-hybridized carbons (Fsp3) is 0.238. The highest BCUT2D eigenvalue weighted by atomic mass is 16.2. The number of amides is 1. The van der Waals surface area contributed by atoms with E-state index in [1.807, 2.05) is 53.4 Å². The standard InChI is InChI=1S/C21H22N4O/c1-15(22-17-8-4-2-5-9-17)20-18-14-16(10-11-19(18)23-24-20)21(26)25-12-6-3-7-13-25/h2,4-5,8-11,14,22H,1,3,6-7,12-13H2,(H,23,24). The summed E-state index contributed by atoms with van der Waals surface area (Å²) in [6.07, 6.45) is 3.38. The number of nitrogens with zero attached hydrogens (tertiary/aromatic N) is 2. The Bertz CT molecular complexity index is 939. The van der Waals surface area contributed by atoms with E-state index in [-0.39, 0.29) is 5.91 Å². The minimum Gasteiger partial charge on any atom is -0.354 e. The van der Waals surface area contributed by atoms with E-state index >= 15 is 0 Å². The van der Waals surface area contributed by atoms with E-state index in [4.69, 9.17) is 0 Å². The van der Waals surface area contributed by atoms with Gasteiger partial charge in [0.1, 0.15) is 5.69 Å². The van der Waals surface area contributed by atoms with Crippen molar-refractivity contribution in [3.63, 3.8) is 0 Å². The van der Waals surface area contributed by atoms with Crippen LogP contribution in [0.1, 0.15) is 35.3 Å². The zero-order valence-corrected chi connectivity index (χ0v) is 14.7. The molecule has 0 radical (unpaired) electrons. The Morgan fingerprint density at radius 3 is 2.62 bits per heavy atom. The van der Waals surface area contributed by atoms with Gasteiger partial charge in [0.05, 0.1) is 11.2 Å². The summed E-state index contributed by atoms with van der Waals surface area (Å²) in [5.41, 5.74) is 3.98. The highest BCUT2D eigenvalue weighted by molar-refractivity contribution is 6.00. The molecule has 0 atom stereocenters. The van der Waals surface area contributed by atoms with Crippen LogP contribution in [0, 0.1) is 0 Å². The molecule has 1 saturated heterocycles. The molecule has 0 bridgehead atoms. The van der Waals surface area contributed by atoms with Crippen molar-refractivity contribution < 1.29 is 4.79 Å². The number of likely N-dealkylation sites (tertiary alicyclic amines) is 1. The van der Waals surface area contributed by atoms with Gasteiger partial charge >= 0.3 is 0 Å². The van der Waals surface area contributed by atoms with Gasteiger partial charge in [-0.25, -0.2) is 0 Å². The molecule has 1 amide bonds. The summed E-state index contributed by atoms with van der Waals surface area (Å²) in [7, 11) is 0. The second-order valence-electron chi connectivity index (χ2n) is 6.66. The maximum absolute atomic E-state index is 12.8. The highest BCUT2D eigenvalue weighted by Crippen LogP contribution is 2.25. The lowest BCUT2D eigenvalue weighted by Gasteiger charge is -2.26. The molecule has 1 aromatic heterocycles. The predicted molar refractivity (Wildman–Crippen MR) is 105 cm³/mol. The van der Waals surface area contributed by atoms with Crippen molar-refractivity contribution in [3.8, 4) is 0 Å². The molecule has 2 aromatic carbocycles. The average molecular weight is 346 g/mol. The zero-order chi connectivity index (χ0) is 17.9. The molecule has 0 aliphatic carbocycles. The largest absolute Gasteiger partial charge is 0.354 e. The molecule has 2 heterocycles. The number of hydrogen-bond acceptors (Lipinski definition) is 3. The van der Waals surface area contributed by atoms with Gasteiger partial charge in [-0.2, -0.15) is 5.10 Å². The van der Waals surface area contributed by atoms with Crippen LogP contribution in [0.25, 0.3) is 16.6 Å². The molecule has 0 saturated carbocycles. The van der Waals surface area contributed by atoms with Crippen LogP contribution in [0.2, 0.25) is 0 Å². The summed E-state index contributed by atoms with van der Waals surface area (Å²) in [5, 5.41) is 11.6. The molecule has 1 aliphatic rings. The minimum absolute atomic E-state index is 0.0976. The number of fused-ring (bicyclic) bond motifs is 1. The molecule has 0 spiro atoms. The fourth-order valence-electron chi connectivity index (χ4n) is 3.41. The summed E-state index contributed by atoms with van der Waals surface area (Å²) >= 11 is 0. The van der Waals surface area contributed by atoms with Gasteiger partial charge in [0.15, 0.2) is 0 Å². The van der Waals surface area contributed by atoms with Gasteiger partial charge in [0.25, 0.3) is 5.91 Å². The molecular formula is C21H22N4O. The monoisotopic (exact) mass is 346 g/mol. The van der Waals surface area contributed by atoms with Crippen molar-refractivity contribution >= 4 is 28.2 Å². The van der Waals surface area contributed by atoms with E-state index in [9.17, 15) is 4.79 Å².